The van der Waals surface area contributed by atoms with Gasteiger partial charge in [-0.25, -0.2) is 4.52 Å². The van der Waals surface area contributed by atoms with Crippen LogP contribution in [0.25, 0.3) is 27.8 Å². The number of methoxy groups -OCH3 is 2. The van der Waals surface area contributed by atoms with Crippen molar-refractivity contribution in [2.24, 2.45) is 11.7 Å². The number of pyridine rings is 1. The Balaban J connectivity index is 1.28. The molecule has 1 saturated carbocycles. The van der Waals surface area contributed by atoms with Crippen molar-refractivity contribution in [3.05, 3.63) is 53.2 Å². The highest BCUT2D eigenvalue weighted by Gasteiger charge is 2.31. The molecular weight excluding hydrogens is 580 g/mol. The summed E-state index contributed by atoms with van der Waals surface area (Å²) in [5, 5.41) is 6.35. The van der Waals surface area contributed by atoms with Crippen LogP contribution in [0.2, 0.25) is 0 Å². The average Bonchev–Trinajstić information content (AvgIpc) is 3.75. The van der Waals surface area contributed by atoms with E-state index in [9.17, 15) is 9.59 Å². The van der Waals surface area contributed by atoms with Gasteiger partial charge < -0.3 is 29.6 Å². The Kier molecular flexibility index (Phi) is 8.27. The molecule has 2 atom stereocenters. The fourth-order valence-corrected chi connectivity index (χ4v) is 7.58. The number of ether oxygens (including phenoxy) is 2. The number of benzene rings is 1. The van der Waals surface area contributed by atoms with Crippen LogP contribution in [0.15, 0.2) is 36.5 Å². The molecule has 10 heteroatoms. The molecular formula is C36H46N6O4. The van der Waals surface area contributed by atoms with Crippen molar-refractivity contribution < 1.29 is 19.1 Å². The number of nitrogens with two attached hydrogens (primary N) is 1. The van der Waals surface area contributed by atoms with Crippen molar-refractivity contribution in [3.8, 4) is 17.1 Å². The number of aromatic nitrogens is 3. The maximum Gasteiger partial charge on any atom is 0.255 e. The van der Waals surface area contributed by atoms with E-state index in [1.54, 1.807) is 14.2 Å². The van der Waals surface area contributed by atoms with E-state index in [-0.39, 0.29) is 17.9 Å². The summed E-state index contributed by atoms with van der Waals surface area (Å²) in [7, 11) is 3.24. The van der Waals surface area contributed by atoms with Crippen molar-refractivity contribution in [2.75, 3.05) is 40.4 Å². The Morgan fingerprint density at radius 2 is 1.80 bits per heavy atom. The number of para-hydroxylation sites is 1. The molecule has 5 heterocycles. The van der Waals surface area contributed by atoms with Crippen LogP contribution in [0.5, 0.6) is 5.75 Å². The molecule has 1 aliphatic carbocycles. The van der Waals surface area contributed by atoms with Gasteiger partial charge in [-0.15, -0.1) is 0 Å². The van der Waals surface area contributed by atoms with Crippen LogP contribution in [0, 0.1) is 12.8 Å². The van der Waals surface area contributed by atoms with E-state index >= 15 is 0 Å². The minimum absolute atomic E-state index is 0.00884. The highest BCUT2D eigenvalue weighted by atomic mass is 16.5. The first-order valence-corrected chi connectivity index (χ1v) is 16.8. The van der Waals surface area contributed by atoms with Gasteiger partial charge in [-0.1, -0.05) is 18.2 Å². The van der Waals surface area contributed by atoms with E-state index < -0.39 is 6.10 Å². The molecule has 46 heavy (non-hydrogen) atoms. The third kappa shape index (κ3) is 5.55. The van der Waals surface area contributed by atoms with Gasteiger partial charge in [0.15, 0.2) is 0 Å². The molecule has 1 aromatic carbocycles. The van der Waals surface area contributed by atoms with Gasteiger partial charge in [-0.05, 0) is 81.9 Å². The molecule has 3 fully saturated rings. The maximum absolute atomic E-state index is 13.6. The van der Waals surface area contributed by atoms with E-state index in [4.69, 9.17) is 20.3 Å². The van der Waals surface area contributed by atoms with E-state index in [1.807, 2.05) is 33.5 Å². The van der Waals surface area contributed by atoms with Crippen molar-refractivity contribution in [1.82, 2.24) is 24.0 Å². The predicted octanol–water partition coefficient (Wildman–Crippen LogP) is 4.99. The van der Waals surface area contributed by atoms with Crippen molar-refractivity contribution in [3.63, 3.8) is 0 Å². The highest BCUT2D eigenvalue weighted by molar-refractivity contribution is 5.96. The average molecular weight is 627 g/mol. The van der Waals surface area contributed by atoms with Gasteiger partial charge in [-0.3, -0.25) is 9.59 Å². The molecule has 3 aromatic heterocycles. The molecule has 3 aliphatic rings. The van der Waals surface area contributed by atoms with E-state index in [1.165, 1.54) is 29.3 Å². The monoisotopic (exact) mass is 626 g/mol. The van der Waals surface area contributed by atoms with Crippen LogP contribution in [0.1, 0.15) is 72.9 Å². The molecule has 244 valence electrons. The number of piperidine rings is 2. The Hall–Kier alpha value is -3.89. The zero-order valence-electron chi connectivity index (χ0n) is 27.5. The normalized spacial score (nSPS) is 20.1. The number of carbonyl (C=O) groups is 2. The lowest BCUT2D eigenvalue weighted by Crippen LogP contribution is -2.45. The minimum atomic E-state index is -0.414. The Labute approximate surface area is 270 Å². The number of hydrogen-bond acceptors (Lipinski definition) is 6. The van der Waals surface area contributed by atoms with E-state index in [0.29, 0.717) is 36.2 Å². The molecule has 0 spiro atoms. The summed E-state index contributed by atoms with van der Waals surface area (Å²) >= 11 is 0. The lowest BCUT2D eigenvalue weighted by atomic mass is 9.88. The van der Waals surface area contributed by atoms with Crippen LogP contribution in [0.3, 0.4) is 0 Å². The fourth-order valence-electron chi connectivity index (χ4n) is 7.58. The van der Waals surface area contributed by atoms with Crippen LogP contribution in [0.4, 0.5) is 0 Å². The second kappa shape index (κ2) is 12.4. The largest absolute Gasteiger partial charge is 0.494 e. The van der Waals surface area contributed by atoms with Crippen LogP contribution < -0.4 is 10.5 Å². The van der Waals surface area contributed by atoms with Gasteiger partial charge in [0.05, 0.1) is 23.9 Å². The second-order valence-corrected chi connectivity index (χ2v) is 13.6. The molecule has 4 aromatic rings. The number of hydrogen-bond donors (Lipinski definition) is 1. The summed E-state index contributed by atoms with van der Waals surface area (Å²) in [6, 6.07) is 10.8. The lowest BCUT2D eigenvalue weighted by Gasteiger charge is -2.34. The summed E-state index contributed by atoms with van der Waals surface area (Å²) < 4.78 is 15.5. The number of aryl methyl sites for hydroxylation is 1. The number of fused-ring (bicyclic) bond motifs is 2. The van der Waals surface area contributed by atoms with Crippen molar-refractivity contribution in [2.45, 2.75) is 77.0 Å². The smallest absolute Gasteiger partial charge is 0.255 e. The quantitative estimate of drug-likeness (QED) is 0.296. The Morgan fingerprint density at radius 3 is 2.50 bits per heavy atom. The van der Waals surface area contributed by atoms with Gasteiger partial charge in [0.2, 0.25) is 0 Å². The summed E-state index contributed by atoms with van der Waals surface area (Å²) in [6.07, 6.45) is 7.61. The first kappa shape index (κ1) is 30.7. The SMILES string of the molecule is COc1cc(C(=O)N2CCC[C@@H](N)C2)cn2nc(-c3cc4cccc(C5CCN(C(=O)C(C)OC)CC5)c4n3CC3CC3)c(C)c12. The molecule has 2 saturated heterocycles. The van der Waals surface area contributed by atoms with Gasteiger partial charge in [-0.2, -0.15) is 5.10 Å². The highest BCUT2D eigenvalue weighted by Crippen LogP contribution is 2.42. The van der Waals surface area contributed by atoms with Crippen LogP contribution >= 0.6 is 0 Å². The number of likely N-dealkylation sites (tertiary alicyclic amines) is 2. The first-order valence-electron chi connectivity index (χ1n) is 16.8. The Bertz CT molecular complexity index is 1780. The molecule has 0 bridgehead atoms. The minimum Gasteiger partial charge on any atom is -0.494 e. The van der Waals surface area contributed by atoms with Crippen LogP contribution in [-0.2, 0) is 16.1 Å². The van der Waals surface area contributed by atoms with Crippen molar-refractivity contribution in [1.29, 1.82) is 0 Å². The summed E-state index contributed by atoms with van der Waals surface area (Å²) in [5.74, 6) is 1.69. The topological polar surface area (TPSA) is 107 Å². The number of carbonyl (C=O) groups excluding carboxylic acids is 2. The molecule has 10 nitrogen and oxygen atoms in total. The second-order valence-electron chi connectivity index (χ2n) is 13.6. The molecule has 2 aliphatic heterocycles. The number of nitrogens with zero attached hydrogens (tertiary/aromatic N) is 5. The van der Waals surface area contributed by atoms with Gasteiger partial charge in [0, 0.05) is 63.0 Å². The molecule has 7 rings (SSSR count). The third-order valence-corrected chi connectivity index (χ3v) is 10.4. The molecule has 2 amide bonds. The van der Waals surface area contributed by atoms with E-state index in [2.05, 4.69) is 35.8 Å². The van der Waals surface area contributed by atoms with Crippen molar-refractivity contribution >= 4 is 28.2 Å². The fraction of sp³-hybridized carbons (Fsp3) is 0.528. The van der Waals surface area contributed by atoms with E-state index in [0.717, 1.165) is 67.8 Å². The standard InChI is InChI=1S/C36H46N6O4/c1-22-32(38-42-20-27(18-31(46-4)33(22)42)36(44)40-14-6-8-28(37)21-40)30-17-26-7-5-9-29(34(26)41(30)19-24-10-11-24)25-12-15-39(16-13-25)35(43)23(2)45-3/h5,7,9,17-18,20,23-25,28H,6,8,10-16,19,21,37H2,1-4H3/t23?,28-/m1/s1. The summed E-state index contributed by atoms with van der Waals surface area (Å²) in [6.45, 7) is 7.61. The van der Waals surface area contributed by atoms with Gasteiger partial charge >= 0.3 is 0 Å². The first-order chi connectivity index (χ1) is 22.3. The summed E-state index contributed by atoms with van der Waals surface area (Å²) in [5.41, 5.74) is 13.3. The summed E-state index contributed by atoms with van der Waals surface area (Å²) in [4.78, 5) is 30.1. The third-order valence-electron chi connectivity index (χ3n) is 10.4. The molecule has 1 unspecified atom stereocenters. The van der Waals surface area contributed by atoms with Gasteiger partial charge in [0.25, 0.3) is 11.8 Å². The zero-order valence-corrected chi connectivity index (χ0v) is 27.5. The Morgan fingerprint density at radius 1 is 1.02 bits per heavy atom. The van der Waals surface area contributed by atoms with Crippen LogP contribution in [-0.4, -0.2) is 88.3 Å². The lowest BCUT2D eigenvalue weighted by molar-refractivity contribution is -0.142. The number of amides is 2. The number of rotatable bonds is 8. The molecule has 2 N–H and O–H groups in total. The molecule has 0 radical (unpaired) electrons. The maximum atomic E-state index is 13.6. The van der Waals surface area contributed by atoms with Gasteiger partial charge in [0.1, 0.15) is 23.1 Å². The zero-order chi connectivity index (χ0) is 32.1. The predicted molar refractivity (Wildman–Crippen MR) is 178 cm³/mol.